The molecule has 1 aromatic carbocycles. The quantitative estimate of drug-likeness (QED) is 0.779. The van der Waals surface area contributed by atoms with Crippen LogP contribution >= 0.6 is 15.9 Å². The molecule has 0 saturated heterocycles. The fourth-order valence-electron chi connectivity index (χ4n) is 1.60. The SMILES string of the molecule is CCCOCCC(CO)c1cccc(Br)c1. The molecule has 0 aliphatic rings. The summed E-state index contributed by atoms with van der Waals surface area (Å²) >= 11 is 3.44. The molecule has 16 heavy (non-hydrogen) atoms. The van der Waals surface area contributed by atoms with Gasteiger partial charge in [-0.25, -0.2) is 0 Å². The number of halogens is 1. The fraction of sp³-hybridized carbons (Fsp3) is 0.538. The lowest BCUT2D eigenvalue weighted by molar-refractivity contribution is 0.119. The molecule has 1 unspecified atom stereocenters. The van der Waals surface area contributed by atoms with E-state index in [0.717, 1.165) is 29.5 Å². The van der Waals surface area contributed by atoms with Crippen molar-refractivity contribution in [2.45, 2.75) is 25.7 Å². The number of aliphatic hydroxyl groups excluding tert-OH is 1. The van der Waals surface area contributed by atoms with Crippen molar-refractivity contribution in [3.8, 4) is 0 Å². The first-order valence-corrected chi connectivity index (χ1v) is 6.51. The van der Waals surface area contributed by atoms with Crippen LogP contribution in [-0.2, 0) is 4.74 Å². The monoisotopic (exact) mass is 286 g/mol. The van der Waals surface area contributed by atoms with Crippen LogP contribution in [0.4, 0.5) is 0 Å². The highest BCUT2D eigenvalue weighted by atomic mass is 79.9. The van der Waals surface area contributed by atoms with Gasteiger partial charge in [0.2, 0.25) is 0 Å². The Balaban J connectivity index is 2.47. The minimum absolute atomic E-state index is 0.173. The Bertz CT molecular complexity index is 302. The summed E-state index contributed by atoms with van der Waals surface area (Å²) in [6.45, 7) is 3.78. The van der Waals surface area contributed by atoms with Crippen molar-refractivity contribution < 1.29 is 9.84 Å². The van der Waals surface area contributed by atoms with Gasteiger partial charge in [0.25, 0.3) is 0 Å². The lowest BCUT2D eigenvalue weighted by atomic mass is 9.97. The van der Waals surface area contributed by atoms with Gasteiger partial charge in [-0.2, -0.15) is 0 Å². The van der Waals surface area contributed by atoms with E-state index in [4.69, 9.17) is 4.74 Å². The maximum Gasteiger partial charge on any atom is 0.0500 e. The van der Waals surface area contributed by atoms with E-state index in [2.05, 4.69) is 28.9 Å². The highest BCUT2D eigenvalue weighted by Gasteiger charge is 2.10. The Hall–Kier alpha value is -0.380. The molecular weight excluding hydrogens is 268 g/mol. The lowest BCUT2D eigenvalue weighted by Crippen LogP contribution is -2.08. The van der Waals surface area contributed by atoms with Crippen LogP contribution in [0.15, 0.2) is 28.7 Å². The number of hydrogen-bond donors (Lipinski definition) is 1. The van der Waals surface area contributed by atoms with Gasteiger partial charge in [0.05, 0.1) is 6.61 Å². The highest BCUT2D eigenvalue weighted by Crippen LogP contribution is 2.22. The Morgan fingerprint density at radius 2 is 2.19 bits per heavy atom. The minimum atomic E-state index is 0.173. The Kier molecular flexibility index (Phi) is 6.69. The van der Waals surface area contributed by atoms with E-state index < -0.39 is 0 Å². The summed E-state index contributed by atoms with van der Waals surface area (Å²) in [5.74, 6) is 0.175. The van der Waals surface area contributed by atoms with E-state index >= 15 is 0 Å². The second-order valence-corrected chi connectivity index (χ2v) is 4.75. The van der Waals surface area contributed by atoms with Gasteiger partial charge in [0.1, 0.15) is 0 Å². The van der Waals surface area contributed by atoms with Crippen molar-refractivity contribution in [3.05, 3.63) is 34.3 Å². The Morgan fingerprint density at radius 3 is 2.81 bits per heavy atom. The third-order valence-corrected chi connectivity index (χ3v) is 2.99. The highest BCUT2D eigenvalue weighted by molar-refractivity contribution is 9.10. The Labute approximate surface area is 106 Å². The lowest BCUT2D eigenvalue weighted by Gasteiger charge is -2.14. The predicted octanol–water partition coefficient (Wildman–Crippen LogP) is 3.34. The third-order valence-electron chi connectivity index (χ3n) is 2.50. The van der Waals surface area contributed by atoms with Gasteiger partial charge in [-0.3, -0.25) is 0 Å². The number of benzene rings is 1. The molecule has 1 rings (SSSR count). The third kappa shape index (κ3) is 4.64. The molecule has 1 N–H and O–H groups in total. The molecule has 1 aromatic rings. The molecule has 1 atom stereocenters. The molecule has 0 aromatic heterocycles. The van der Waals surface area contributed by atoms with Gasteiger partial charge >= 0.3 is 0 Å². The topological polar surface area (TPSA) is 29.5 Å². The van der Waals surface area contributed by atoms with Gasteiger partial charge in [-0.1, -0.05) is 35.0 Å². The van der Waals surface area contributed by atoms with E-state index in [1.807, 2.05) is 18.2 Å². The smallest absolute Gasteiger partial charge is 0.0500 e. The molecular formula is C13H19BrO2. The second kappa shape index (κ2) is 7.82. The summed E-state index contributed by atoms with van der Waals surface area (Å²) in [6, 6.07) is 8.09. The molecule has 0 spiro atoms. The van der Waals surface area contributed by atoms with Gasteiger partial charge in [0.15, 0.2) is 0 Å². The van der Waals surface area contributed by atoms with Crippen molar-refractivity contribution >= 4 is 15.9 Å². The summed E-state index contributed by atoms with van der Waals surface area (Å²) in [6.07, 6.45) is 1.91. The van der Waals surface area contributed by atoms with E-state index in [9.17, 15) is 5.11 Å². The first-order chi connectivity index (χ1) is 7.77. The summed E-state index contributed by atoms with van der Waals surface area (Å²) in [4.78, 5) is 0. The molecule has 0 radical (unpaired) electrons. The van der Waals surface area contributed by atoms with Crippen molar-refractivity contribution in [2.24, 2.45) is 0 Å². The largest absolute Gasteiger partial charge is 0.396 e. The fourth-order valence-corrected chi connectivity index (χ4v) is 2.01. The summed E-state index contributed by atoms with van der Waals surface area (Å²) in [5.41, 5.74) is 1.16. The zero-order valence-corrected chi connectivity index (χ0v) is 11.2. The molecule has 0 fully saturated rings. The molecule has 2 nitrogen and oxygen atoms in total. The first-order valence-electron chi connectivity index (χ1n) is 5.72. The summed E-state index contributed by atoms with van der Waals surface area (Å²) < 4.78 is 6.50. The molecule has 0 amide bonds. The second-order valence-electron chi connectivity index (χ2n) is 3.84. The summed E-state index contributed by atoms with van der Waals surface area (Å²) in [7, 11) is 0. The van der Waals surface area contributed by atoms with Crippen LogP contribution in [0.2, 0.25) is 0 Å². The van der Waals surface area contributed by atoms with E-state index in [-0.39, 0.29) is 12.5 Å². The number of rotatable bonds is 7. The van der Waals surface area contributed by atoms with Crippen LogP contribution in [0.1, 0.15) is 31.2 Å². The average molecular weight is 287 g/mol. The molecule has 90 valence electrons. The van der Waals surface area contributed by atoms with Gasteiger partial charge < -0.3 is 9.84 Å². The first kappa shape index (κ1) is 13.7. The summed E-state index contributed by atoms with van der Waals surface area (Å²) in [5, 5.41) is 9.36. The number of hydrogen-bond acceptors (Lipinski definition) is 2. The predicted molar refractivity (Wildman–Crippen MR) is 69.7 cm³/mol. The maximum absolute atomic E-state index is 9.36. The van der Waals surface area contributed by atoms with E-state index in [1.165, 1.54) is 0 Å². The van der Waals surface area contributed by atoms with Crippen LogP contribution in [0.25, 0.3) is 0 Å². The van der Waals surface area contributed by atoms with Crippen molar-refractivity contribution in [1.29, 1.82) is 0 Å². The molecule has 0 aliphatic carbocycles. The molecule has 0 bridgehead atoms. The van der Waals surface area contributed by atoms with E-state index in [1.54, 1.807) is 0 Å². The zero-order valence-electron chi connectivity index (χ0n) is 9.66. The van der Waals surface area contributed by atoms with Crippen LogP contribution in [0.5, 0.6) is 0 Å². The van der Waals surface area contributed by atoms with Crippen molar-refractivity contribution in [1.82, 2.24) is 0 Å². The minimum Gasteiger partial charge on any atom is -0.396 e. The van der Waals surface area contributed by atoms with E-state index in [0.29, 0.717) is 6.61 Å². The molecule has 0 aliphatic heterocycles. The van der Waals surface area contributed by atoms with Crippen LogP contribution < -0.4 is 0 Å². The van der Waals surface area contributed by atoms with Crippen LogP contribution in [-0.4, -0.2) is 24.9 Å². The average Bonchev–Trinajstić information content (AvgIpc) is 2.29. The van der Waals surface area contributed by atoms with Crippen molar-refractivity contribution in [3.63, 3.8) is 0 Å². The maximum atomic E-state index is 9.36. The molecule has 3 heteroatoms. The standard InChI is InChI=1S/C13H19BrO2/c1-2-7-16-8-6-12(10-15)11-4-3-5-13(14)9-11/h3-5,9,12,15H,2,6-8,10H2,1H3. The normalized spacial score (nSPS) is 12.7. The Morgan fingerprint density at radius 1 is 1.38 bits per heavy atom. The van der Waals surface area contributed by atoms with Gasteiger partial charge in [-0.15, -0.1) is 0 Å². The van der Waals surface area contributed by atoms with Crippen LogP contribution in [0.3, 0.4) is 0 Å². The van der Waals surface area contributed by atoms with Gasteiger partial charge in [0, 0.05) is 23.6 Å². The molecule has 0 heterocycles. The van der Waals surface area contributed by atoms with Crippen LogP contribution in [0, 0.1) is 0 Å². The number of aliphatic hydroxyl groups is 1. The molecule has 0 saturated carbocycles. The van der Waals surface area contributed by atoms with Crippen molar-refractivity contribution in [2.75, 3.05) is 19.8 Å². The zero-order chi connectivity index (χ0) is 11.8. The number of ether oxygens (including phenoxy) is 1. The van der Waals surface area contributed by atoms with Gasteiger partial charge in [-0.05, 0) is 30.5 Å².